The minimum absolute atomic E-state index is 0.0618. The van der Waals surface area contributed by atoms with E-state index in [-0.39, 0.29) is 11.7 Å². The van der Waals surface area contributed by atoms with Gasteiger partial charge in [-0.3, -0.25) is 4.79 Å². The van der Waals surface area contributed by atoms with Gasteiger partial charge in [0.1, 0.15) is 12.4 Å². The van der Waals surface area contributed by atoms with E-state index in [4.69, 9.17) is 0 Å². The van der Waals surface area contributed by atoms with Gasteiger partial charge in [-0.15, -0.1) is 0 Å². The van der Waals surface area contributed by atoms with E-state index in [0.29, 0.717) is 31.7 Å². The first-order valence-corrected chi connectivity index (χ1v) is 6.74. The van der Waals surface area contributed by atoms with Gasteiger partial charge in [0.2, 0.25) is 5.91 Å². The van der Waals surface area contributed by atoms with Gasteiger partial charge in [0.05, 0.1) is 5.69 Å². The maximum absolute atomic E-state index is 14.4. The Kier molecular flexibility index (Phi) is 4.49. The Morgan fingerprint density at radius 1 is 1.55 bits per heavy atom. The van der Waals surface area contributed by atoms with Gasteiger partial charge in [-0.25, -0.2) is 14.4 Å². The third kappa shape index (κ3) is 2.72. The lowest BCUT2D eigenvalue weighted by Gasteiger charge is -2.37. The van der Waals surface area contributed by atoms with Crippen LogP contribution in [0, 0.1) is 5.82 Å². The van der Waals surface area contributed by atoms with Crippen LogP contribution in [0.1, 0.15) is 12.6 Å². The van der Waals surface area contributed by atoms with Crippen LogP contribution in [0.2, 0.25) is 0 Å². The van der Waals surface area contributed by atoms with Gasteiger partial charge >= 0.3 is 0 Å². The van der Waals surface area contributed by atoms with Crippen molar-refractivity contribution in [2.45, 2.75) is 19.4 Å². The van der Waals surface area contributed by atoms with Crippen LogP contribution in [0.15, 0.2) is 6.33 Å². The molecule has 0 bridgehead atoms. The quantitative estimate of drug-likeness (QED) is 0.848. The molecule has 0 radical (unpaired) electrons. The van der Waals surface area contributed by atoms with Crippen molar-refractivity contribution in [3.8, 4) is 0 Å². The van der Waals surface area contributed by atoms with Gasteiger partial charge in [-0.2, -0.15) is 0 Å². The second-order valence-electron chi connectivity index (χ2n) is 4.96. The van der Waals surface area contributed by atoms with Crippen molar-refractivity contribution < 1.29 is 9.18 Å². The molecule has 1 unspecified atom stereocenters. The summed E-state index contributed by atoms with van der Waals surface area (Å²) in [6.07, 6.45) is 1.86. The molecule has 1 atom stereocenters. The number of likely N-dealkylation sites (N-methyl/N-ethyl adjacent to an activating group) is 1. The molecule has 0 aliphatic carbocycles. The van der Waals surface area contributed by atoms with Crippen molar-refractivity contribution in [3.63, 3.8) is 0 Å². The predicted octanol–water partition coefficient (Wildman–Crippen LogP) is 0.0445. The number of piperazine rings is 1. The summed E-state index contributed by atoms with van der Waals surface area (Å²) in [5.41, 5.74) is 0.379. The summed E-state index contributed by atoms with van der Waals surface area (Å²) in [6, 6.07) is -0.437. The molecular formula is C13H20FN5O. The Hall–Kier alpha value is -1.76. The van der Waals surface area contributed by atoms with Gasteiger partial charge in [-0.05, 0) is 6.42 Å². The molecule has 0 spiro atoms. The number of nitrogens with one attached hydrogen (secondary N) is 1. The third-order valence-corrected chi connectivity index (χ3v) is 3.42. The molecule has 1 saturated heterocycles. The average Bonchev–Trinajstić information content (AvgIpc) is 2.46. The smallest absolute Gasteiger partial charge is 0.246 e. The Bertz CT molecular complexity index is 494. The van der Waals surface area contributed by atoms with E-state index in [9.17, 15) is 9.18 Å². The van der Waals surface area contributed by atoms with Crippen LogP contribution in [0.25, 0.3) is 0 Å². The number of amides is 1. The third-order valence-electron chi connectivity index (χ3n) is 3.42. The monoisotopic (exact) mass is 281 g/mol. The molecule has 1 aliphatic rings. The summed E-state index contributed by atoms with van der Waals surface area (Å²) in [5, 5.41) is 3.16. The molecular weight excluding hydrogens is 261 g/mol. The Morgan fingerprint density at radius 2 is 2.30 bits per heavy atom. The number of aromatic nitrogens is 2. The summed E-state index contributed by atoms with van der Waals surface area (Å²) in [7, 11) is 3.39. The molecule has 1 fully saturated rings. The molecule has 6 nitrogen and oxygen atoms in total. The van der Waals surface area contributed by atoms with Crippen LogP contribution in [0.3, 0.4) is 0 Å². The molecule has 0 saturated carbocycles. The van der Waals surface area contributed by atoms with Crippen LogP contribution >= 0.6 is 0 Å². The largest absolute Gasteiger partial charge is 0.347 e. The highest BCUT2D eigenvalue weighted by molar-refractivity contribution is 5.85. The van der Waals surface area contributed by atoms with Crippen LogP contribution in [0.4, 0.5) is 10.2 Å². The number of carbonyl (C=O) groups is 1. The number of carbonyl (C=O) groups excluding carboxylic acids is 1. The standard InChI is InChI=1S/C13H20FN5O/c1-4-9-11(14)12(17-8-16-9)19-6-5-15-7-10(19)13(20)18(2)3/h8,10,15H,4-7H2,1-3H3. The minimum Gasteiger partial charge on any atom is -0.347 e. The van der Waals surface area contributed by atoms with E-state index in [1.54, 1.807) is 19.0 Å². The number of aryl methyl sites for hydroxylation is 1. The zero-order valence-electron chi connectivity index (χ0n) is 12.1. The van der Waals surface area contributed by atoms with E-state index in [1.165, 1.54) is 11.2 Å². The van der Waals surface area contributed by atoms with E-state index < -0.39 is 11.9 Å². The van der Waals surface area contributed by atoms with Crippen molar-refractivity contribution in [1.82, 2.24) is 20.2 Å². The number of nitrogens with zero attached hydrogens (tertiary/aromatic N) is 4. The summed E-state index contributed by atoms with van der Waals surface area (Å²) in [5.74, 6) is -0.264. The summed E-state index contributed by atoms with van der Waals surface area (Å²) >= 11 is 0. The SMILES string of the molecule is CCc1ncnc(N2CCNCC2C(=O)N(C)C)c1F. The van der Waals surface area contributed by atoms with Crippen molar-refractivity contribution >= 4 is 11.7 Å². The van der Waals surface area contributed by atoms with Gasteiger partial charge in [-0.1, -0.05) is 6.92 Å². The predicted molar refractivity (Wildman–Crippen MR) is 74.1 cm³/mol. The first kappa shape index (κ1) is 14.6. The zero-order chi connectivity index (χ0) is 14.7. The number of halogens is 1. The minimum atomic E-state index is -0.437. The van der Waals surface area contributed by atoms with Gasteiger partial charge < -0.3 is 15.1 Å². The number of hydrogen-bond donors (Lipinski definition) is 1. The van der Waals surface area contributed by atoms with E-state index in [2.05, 4.69) is 15.3 Å². The summed E-state index contributed by atoms with van der Waals surface area (Å²) in [4.78, 5) is 23.5. The highest BCUT2D eigenvalue weighted by Crippen LogP contribution is 2.22. The zero-order valence-corrected chi connectivity index (χ0v) is 12.1. The first-order chi connectivity index (χ1) is 9.56. The first-order valence-electron chi connectivity index (χ1n) is 6.74. The Balaban J connectivity index is 2.35. The molecule has 1 amide bonds. The second kappa shape index (κ2) is 6.13. The fourth-order valence-electron chi connectivity index (χ4n) is 2.32. The Morgan fingerprint density at radius 3 is 2.95 bits per heavy atom. The van der Waals surface area contributed by atoms with E-state index >= 15 is 0 Å². The molecule has 7 heteroatoms. The van der Waals surface area contributed by atoms with Crippen LogP contribution in [0.5, 0.6) is 0 Å². The molecule has 110 valence electrons. The highest BCUT2D eigenvalue weighted by atomic mass is 19.1. The van der Waals surface area contributed by atoms with Crippen LogP contribution in [-0.2, 0) is 11.2 Å². The fraction of sp³-hybridized carbons (Fsp3) is 0.615. The molecule has 2 heterocycles. The van der Waals surface area contributed by atoms with Crippen molar-refractivity contribution in [1.29, 1.82) is 0 Å². The molecule has 1 N–H and O–H groups in total. The molecule has 0 aromatic carbocycles. The van der Waals surface area contributed by atoms with Crippen LogP contribution in [-0.4, -0.2) is 60.5 Å². The van der Waals surface area contributed by atoms with Gasteiger partial charge in [0.25, 0.3) is 0 Å². The lowest BCUT2D eigenvalue weighted by atomic mass is 10.1. The normalized spacial score (nSPS) is 19.0. The number of anilines is 1. The molecule has 1 aliphatic heterocycles. The molecule has 2 rings (SSSR count). The maximum Gasteiger partial charge on any atom is 0.246 e. The van der Waals surface area contributed by atoms with E-state index in [0.717, 1.165) is 0 Å². The fourth-order valence-corrected chi connectivity index (χ4v) is 2.32. The topological polar surface area (TPSA) is 61.4 Å². The average molecular weight is 281 g/mol. The van der Waals surface area contributed by atoms with Crippen LogP contribution < -0.4 is 10.2 Å². The molecule has 20 heavy (non-hydrogen) atoms. The number of rotatable bonds is 3. The van der Waals surface area contributed by atoms with Crippen molar-refractivity contribution in [2.24, 2.45) is 0 Å². The molecule has 1 aromatic heterocycles. The van der Waals surface area contributed by atoms with Gasteiger partial charge in [0, 0.05) is 33.7 Å². The second-order valence-corrected chi connectivity index (χ2v) is 4.96. The lowest BCUT2D eigenvalue weighted by molar-refractivity contribution is -0.130. The number of hydrogen-bond acceptors (Lipinski definition) is 5. The summed E-state index contributed by atoms with van der Waals surface area (Å²) < 4.78 is 14.4. The maximum atomic E-state index is 14.4. The van der Waals surface area contributed by atoms with E-state index in [1.807, 2.05) is 6.92 Å². The van der Waals surface area contributed by atoms with Gasteiger partial charge in [0.15, 0.2) is 11.6 Å². The highest BCUT2D eigenvalue weighted by Gasteiger charge is 2.32. The Labute approximate surface area is 118 Å². The molecule has 1 aromatic rings. The van der Waals surface area contributed by atoms with Crippen molar-refractivity contribution in [2.75, 3.05) is 38.6 Å². The summed E-state index contributed by atoms with van der Waals surface area (Å²) in [6.45, 7) is 3.57. The lowest BCUT2D eigenvalue weighted by Crippen LogP contribution is -2.58. The van der Waals surface area contributed by atoms with Crippen molar-refractivity contribution in [3.05, 3.63) is 17.8 Å².